The lowest BCUT2D eigenvalue weighted by molar-refractivity contribution is 0.598. The predicted octanol–water partition coefficient (Wildman–Crippen LogP) is 3.07. The van der Waals surface area contributed by atoms with Gasteiger partial charge in [-0.05, 0) is 24.6 Å². The first-order valence-electron chi connectivity index (χ1n) is 5.75. The highest BCUT2D eigenvalue weighted by molar-refractivity contribution is 7.90. The third-order valence-electron chi connectivity index (χ3n) is 2.52. The Hall–Kier alpha value is -2.16. The van der Waals surface area contributed by atoms with Crippen molar-refractivity contribution in [3.63, 3.8) is 0 Å². The second-order valence-electron chi connectivity index (χ2n) is 4.06. The van der Waals surface area contributed by atoms with Crippen LogP contribution in [-0.4, -0.2) is 14.3 Å². The largest absolute Gasteiger partial charge is 0.289 e. The molecule has 2 aromatic carbocycles. The molecule has 2 aromatic rings. The molecule has 0 aliphatic carbocycles. The molecule has 0 aliphatic rings. The molecule has 4 heteroatoms. The standard InChI is InChI=1S/C15H13NO2S/c1-13-7-9-15(10-8-13)19(17,18)16-12-11-14-5-3-2-4-6-14/h2-11H,1H3. The number of rotatable bonds is 3. The molecule has 0 spiro atoms. The van der Waals surface area contributed by atoms with Crippen molar-refractivity contribution in [1.29, 1.82) is 0 Å². The molecule has 0 saturated heterocycles. The number of benzene rings is 2. The Labute approximate surface area is 113 Å². The summed E-state index contributed by atoms with van der Waals surface area (Å²) >= 11 is 0. The number of hydrogen-bond acceptors (Lipinski definition) is 2. The summed E-state index contributed by atoms with van der Waals surface area (Å²) < 4.78 is 27.3. The van der Waals surface area contributed by atoms with Gasteiger partial charge in [-0.2, -0.15) is 8.42 Å². The van der Waals surface area contributed by atoms with Crippen molar-refractivity contribution in [2.24, 2.45) is 4.40 Å². The normalized spacial score (nSPS) is 10.6. The molecular formula is C15H13NO2S. The van der Waals surface area contributed by atoms with Gasteiger partial charge in [0.15, 0.2) is 0 Å². The molecule has 0 saturated carbocycles. The fourth-order valence-electron chi connectivity index (χ4n) is 1.48. The summed E-state index contributed by atoms with van der Waals surface area (Å²) in [4.78, 5) is 0.173. The highest BCUT2D eigenvalue weighted by Gasteiger charge is 2.10. The van der Waals surface area contributed by atoms with Gasteiger partial charge in [-0.3, -0.25) is 0 Å². The Kier molecular flexibility index (Phi) is 3.95. The lowest BCUT2D eigenvalue weighted by Crippen LogP contribution is -1.95. The first-order chi connectivity index (χ1) is 9.08. The SMILES string of the molecule is Cc1ccc(S(=O)(=O)N=C=Cc2ccccc2)cc1. The van der Waals surface area contributed by atoms with Gasteiger partial charge in [-0.1, -0.05) is 48.0 Å². The second-order valence-corrected chi connectivity index (χ2v) is 5.67. The van der Waals surface area contributed by atoms with Crippen LogP contribution in [0.15, 0.2) is 63.9 Å². The average molecular weight is 271 g/mol. The van der Waals surface area contributed by atoms with Crippen LogP contribution >= 0.6 is 0 Å². The third kappa shape index (κ3) is 3.65. The maximum Gasteiger partial charge on any atom is 0.289 e. The maximum atomic E-state index is 11.9. The van der Waals surface area contributed by atoms with Crippen molar-refractivity contribution < 1.29 is 8.42 Å². The van der Waals surface area contributed by atoms with Crippen LogP contribution in [-0.2, 0) is 10.0 Å². The Morgan fingerprint density at radius 2 is 1.63 bits per heavy atom. The van der Waals surface area contributed by atoms with Crippen molar-refractivity contribution in [2.75, 3.05) is 0 Å². The number of aryl methyl sites for hydroxylation is 1. The van der Waals surface area contributed by atoms with Crippen LogP contribution in [0.3, 0.4) is 0 Å². The summed E-state index contributed by atoms with van der Waals surface area (Å²) in [5.74, 6) is 2.47. The van der Waals surface area contributed by atoms with Crippen LogP contribution < -0.4 is 0 Å². The zero-order chi connectivity index (χ0) is 13.7. The molecule has 0 bridgehead atoms. The van der Waals surface area contributed by atoms with Gasteiger partial charge < -0.3 is 0 Å². The Morgan fingerprint density at radius 3 is 2.26 bits per heavy atom. The van der Waals surface area contributed by atoms with E-state index in [1.54, 1.807) is 24.3 Å². The number of nitrogens with zero attached hydrogens (tertiary/aromatic N) is 1. The van der Waals surface area contributed by atoms with Gasteiger partial charge in [0.25, 0.3) is 10.0 Å². The molecule has 0 aliphatic heterocycles. The fraction of sp³-hybridized carbons (Fsp3) is 0.0667. The molecule has 0 radical (unpaired) electrons. The summed E-state index contributed by atoms with van der Waals surface area (Å²) in [6.45, 7) is 1.90. The second kappa shape index (κ2) is 5.65. The Bertz CT molecular complexity index is 711. The minimum absolute atomic E-state index is 0.173. The van der Waals surface area contributed by atoms with Gasteiger partial charge in [-0.25, -0.2) is 0 Å². The molecule has 3 nitrogen and oxygen atoms in total. The molecule has 0 unspecified atom stereocenters. The topological polar surface area (TPSA) is 46.5 Å². The minimum atomic E-state index is -3.66. The maximum absolute atomic E-state index is 11.9. The van der Waals surface area contributed by atoms with Gasteiger partial charge in [0.05, 0.1) is 4.90 Å². The molecule has 0 fully saturated rings. The van der Waals surface area contributed by atoms with Crippen LogP contribution in [0.4, 0.5) is 0 Å². The molecule has 2 rings (SSSR count). The Morgan fingerprint density at radius 1 is 1.00 bits per heavy atom. The highest BCUT2D eigenvalue weighted by Crippen LogP contribution is 2.12. The number of sulfonamides is 1. The summed E-state index contributed by atoms with van der Waals surface area (Å²) in [5, 5.41) is 0. The van der Waals surface area contributed by atoms with E-state index in [1.807, 2.05) is 37.3 Å². The van der Waals surface area contributed by atoms with Crippen LogP contribution in [0.25, 0.3) is 6.08 Å². The van der Waals surface area contributed by atoms with Gasteiger partial charge in [0.1, 0.15) is 0 Å². The zero-order valence-electron chi connectivity index (χ0n) is 10.4. The quantitative estimate of drug-likeness (QED) is 0.805. The van der Waals surface area contributed by atoms with Gasteiger partial charge in [0.2, 0.25) is 0 Å². The van der Waals surface area contributed by atoms with Gasteiger partial charge >= 0.3 is 0 Å². The molecular weight excluding hydrogens is 258 g/mol. The fourth-order valence-corrected chi connectivity index (χ4v) is 2.26. The lowest BCUT2D eigenvalue weighted by atomic mass is 10.2. The summed E-state index contributed by atoms with van der Waals surface area (Å²) in [6, 6.07) is 15.9. The van der Waals surface area contributed by atoms with Crippen LogP contribution in [0.2, 0.25) is 0 Å². The smallest absolute Gasteiger partial charge is 0.199 e. The van der Waals surface area contributed by atoms with Crippen molar-refractivity contribution in [3.05, 3.63) is 65.7 Å². The Balaban J connectivity index is 2.27. The summed E-state index contributed by atoms with van der Waals surface area (Å²) in [7, 11) is -3.66. The molecule has 0 atom stereocenters. The zero-order valence-corrected chi connectivity index (χ0v) is 11.3. The van der Waals surface area contributed by atoms with Crippen molar-refractivity contribution >= 4 is 22.0 Å². The van der Waals surface area contributed by atoms with E-state index in [-0.39, 0.29) is 4.90 Å². The van der Waals surface area contributed by atoms with Crippen LogP contribution in [0.5, 0.6) is 0 Å². The average Bonchev–Trinajstić information content (AvgIpc) is 2.40. The first kappa shape index (κ1) is 13.3. The molecule has 0 N–H and O–H groups in total. The van der Waals surface area contributed by atoms with E-state index >= 15 is 0 Å². The molecule has 0 amide bonds. The third-order valence-corrected chi connectivity index (χ3v) is 3.74. The van der Waals surface area contributed by atoms with Gasteiger partial charge in [-0.15, -0.1) is 4.40 Å². The molecule has 19 heavy (non-hydrogen) atoms. The highest BCUT2D eigenvalue weighted by atomic mass is 32.2. The monoisotopic (exact) mass is 271 g/mol. The molecule has 0 aromatic heterocycles. The van der Waals surface area contributed by atoms with E-state index in [0.717, 1.165) is 11.1 Å². The van der Waals surface area contributed by atoms with E-state index in [9.17, 15) is 8.42 Å². The first-order valence-corrected chi connectivity index (χ1v) is 7.19. The van der Waals surface area contributed by atoms with Crippen molar-refractivity contribution in [2.45, 2.75) is 11.8 Å². The minimum Gasteiger partial charge on any atom is -0.199 e. The predicted molar refractivity (Wildman–Crippen MR) is 76.7 cm³/mol. The van der Waals surface area contributed by atoms with E-state index in [2.05, 4.69) is 10.3 Å². The van der Waals surface area contributed by atoms with Crippen molar-refractivity contribution in [3.8, 4) is 0 Å². The number of hydrogen-bond donors (Lipinski definition) is 0. The summed E-state index contributed by atoms with van der Waals surface area (Å²) in [6.07, 6.45) is 1.53. The lowest BCUT2D eigenvalue weighted by Gasteiger charge is -1.97. The molecule has 96 valence electrons. The van der Waals surface area contributed by atoms with E-state index in [0.29, 0.717) is 0 Å². The van der Waals surface area contributed by atoms with E-state index in [4.69, 9.17) is 0 Å². The molecule has 0 heterocycles. The van der Waals surface area contributed by atoms with Crippen LogP contribution in [0.1, 0.15) is 11.1 Å². The van der Waals surface area contributed by atoms with Crippen LogP contribution in [0, 0.1) is 6.92 Å². The van der Waals surface area contributed by atoms with E-state index < -0.39 is 10.0 Å². The van der Waals surface area contributed by atoms with Crippen molar-refractivity contribution in [1.82, 2.24) is 0 Å². The summed E-state index contributed by atoms with van der Waals surface area (Å²) in [5.41, 5.74) is 1.85. The van der Waals surface area contributed by atoms with E-state index in [1.165, 1.54) is 6.08 Å². The van der Waals surface area contributed by atoms with Gasteiger partial charge in [0, 0.05) is 11.9 Å².